The van der Waals surface area contributed by atoms with Crippen LogP contribution in [0.2, 0.25) is 0 Å². The molecule has 1 aromatic carbocycles. The molecule has 1 fully saturated rings. The number of hydrogen-bond donors (Lipinski definition) is 5. The average Bonchev–Trinajstić information content (AvgIpc) is 2.66. The summed E-state index contributed by atoms with van der Waals surface area (Å²) in [5.41, 5.74) is 0.476. The summed E-state index contributed by atoms with van der Waals surface area (Å²) in [4.78, 5) is 28.4. The minimum absolute atomic E-state index is 0.186. The van der Waals surface area contributed by atoms with Crippen LogP contribution in [0.5, 0.6) is 0 Å². The molecule has 0 radical (unpaired) electrons. The van der Waals surface area contributed by atoms with Crippen LogP contribution in [0.15, 0.2) is 35.5 Å². The first-order chi connectivity index (χ1) is 13.0. The molecule has 0 aliphatic carbocycles. The van der Waals surface area contributed by atoms with Gasteiger partial charge in [-0.25, -0.2) is 4.79 Å². The number of aliphatic hydroxyl groups excluding tert-OH is 3. The minimum Gasteiger partial charge on any atom is -0.468 e. The first-order valence-electron chi connectivity index (χ1n) is 8.50. The van der Waals surface area contributed by atoms with Gasteiger partial charge in [0.05, 0.1) is 6.61 Å². The van der Waals surface area contributed by atoms with Crippen LogP contribution in [-0.2, 0) is 14.4 Å². The zero-order valence-corrected chi connectivity index (χ0v) is 14.7. The number of aliphatic hydroxyl groups is 3. The molecule has 0 bridgehead atoms. The van der Waals surface area contributed by atoms with Crippen LogP contribution in [0.3, 0.4) is 0 Å². The molecule has 1 saturated heterocycles. The van der Waals surface area contributed by atoms with Crippen LogP contribution in [0.1, 0.15) is 19.8 Å². The molecule has 0 spiro atoms. The second kappa shape index (κ2) is 9.86. The molecule has 1 aliphatic heterocycles. The normalized spacial score (nSPS) is 26.1. The molecule has 148 valence electrons. The highest BCUT2D eigenvalue weighted by atomic mass is 16.7. The maximum atomic E-state index is 11.9. The summed E-state index contributed by atoms with van der Waals surface area (Å²) in [5, 5.41) is 37.9. The molecule has 1 aromatic rings. The van der Waals surface area contributed by atoms with Crippen molar-refractivity contribution in [2.75, 3.05) is 11.9 Å². The van der Waals surface area contributed by atoms with Crippen LogP contribution in [-0.4, -0.2) is 64.2 Å². The van der Waals surface area contributed by atoms with Crippen LogP contribution in [0.4, 0.5) is 10.5 Å². The molecule has 1 heterocycles. The lowest BCUT2D eigenvalue weighted by molar-refractivity contribution is -0.127. The van der Waals surface area contributed by atoms with Gasteiger partial charge in [-0.3, -0.25) is 14.9 Å². The highest BCUT2D eigenvalue weighted by Gasteiger charge is 2.44. The fourth-order valence-electron chi connectivity index (χ4n) is 2.45. The van der Waals surface area contributed by atoms with E-state index in [0.29, 0.717) is 12.1 Å². The van der Waals surface area contributed by atoms with Crippen LogP contribution < -0.4 is 10.6 Å². The minimum atomic E-state index is -1.50. The van der Waals surface area contributed by atoms with E-state index in [1.807, 2.05) is 0 Å². The summed E-state index contributed by atoms with van der Waals surface area (Å²) in [6.07, 6.45) is -4.31. The van der Waals surface area contributed by atoms with Crippen LogP contribution in [0, 0.1) is 0 Å². The third-order valence-corrected chi connectivity index (χ3v) is 3.82. The van der Waals surface area contributed by atoms with Gasteiger partial charge in [-0.05, 0) is 23.7 Å². The molecular formula is C17H23N3O7. The van der Waals surface area contributed by atoms with Crippen molar-refractivity contribution in [2.24, 2.45) is 5.16 Å². The van der Waals surface area contributed by atoms with Crippen molar-refractivity contribution in [3.8, 4) is 0 Å². The molecule has 0 unspecified atom stereocenters. The van der Waals surface area contributed by atoms with Crippen molar-refractivity contribution in [1.29, 1.82) is 0 Å². The Labute approximate surface area is 155 Å². The van der Waals surface area contributed by atoms with Crippen LogP contribution in [0.25, 0.3) is 0 Å². The molecule has 0 saturated carbocycles. The molecule has 4 atom stereocenters. The van der Waals surface area contributed by atoms with E-state index < -0.39 is 43.0 Å². The van der Waals surface area contributed by atoms with Gasteiger partial charge in [0.1, 0.15) is 18.2 Å². The fourth-order valence-corrected chi connectivity index (χ4v) is 2.45. The smallest absolute Gasteiger partial charge is 0.437 e. The van der Waals surface area contributed by atoms with Crippen molar-refractivity contribution in [3.05, 3.63) is 30.3 Å². The van der Waals surface area contributed by atoms with Gasteiger partial charge in [-0.1, -0.05) is 25.1 Å². The van der Waals surface area contributed by atoms with Crippen molar-refractivity contribution in [2.45, 2.75) is 44.1 Å². The van der Waals surface area contributed by atoms with E-state index in [4.69, 9.17) is 9.57 Å². The van der Waals surface area contributed by atoms with Gasteiger partial charge in [0, 0.05) is 12.1 Å². The van der Waals surface area contributed by atoms with Gasteiger partial charge < -0.3 is 25.4 Å². The summed E-state index contributed by atoms with van der Waals surface area (Å²) < 4.78 is 5.28. The zero-order chi connectivity index (χ0) is 19.8. The highest BCUT2D eigenvalue weighted by Crippen LogP contribution is 2.18. The van der Waals surface area contributed by atoms with E-state index in [1.165, 1.54) is 0 Å². The molecule has 0 aromatic heterocycles. The summed E-state index contributed by atoms with van der Waals surface area (Å²) in [5.74, 6) is -0.735. The second-order valence-corrected chi connectivity index (χ2v) is 5.91. The number of nitrogens with one attached hydrogen (secondary N) is 2. The Bertz CT molecular complexity index is 668. The molecule has 2 amide bonds. The molecule has 5 N–H and O–H groups in total. The predicted octanol–water partition coefficient (Wildman–Crippen LogP) is -0.0536. The van der Waals surface area contributed by atoms with E-state index >= 15 is 0 Å². The number of nitrogens with zero attached hydrogens (tertiary/aromatic N) is 1. The van der Waals surface area contributed by atoms with E-state index in [0.717, 1.165) is 0 Å². The second-order valence-electron chi connectivity index (χ2n) is 5.91. The summed E-state index contributed by atoms with van der Waals surface area (Å²) >= 11 is 0. The number of ether oxygens (including phenoxy) is 1. The number of anilines is 1. The van der Waals surface area contributed by atoms with Gasteiger partial charge in [0.15, 0.2) is 6.10 Å². The number of carbonyl (C=O) groups is 2. The lowest BCUT2D eigenvalue weighted by Crippen LogP contribution is -2.62. The third-order valence-electron chi connectivity index (χ3n) is 3.82. The van der Waals surface area contributed by atoms with E-state index in [9.17, 15) is 24.9 Å². The topological polar surface area (TPSA) is 150 Å². The van der Waals surface area contributed by atoms with Gasteiger partial charge >= 0.3 is 6.09 Å². The van der Waals surface area contributed by atoms with E-state index in [1.54, 1.807) is 37.3 Å². The average molecular weight is 381 g/mol. The zero-order valence-electron chi connectivity index (χ0n) is 14.7. The first-order valence-corrected chi connectivity index (χ1v) is 8.50. The van der Waals surface area contributed by atoms with Gasteiger partial charge in [0.25, 0.3) is 5.90 Å². The molecule has 1 aliphatic rings. The number of hydrogen-bond acceptors (Lipinski definition) is 8. The van der Waals surface area contributed by atoms with Crippen molar-refractivity contribution < 1.29 is 34.5 Å². The van der Waals surface area contributed by atoms with Crippen molar-refractivity contribution in [1.82, 2.24) is 5.32 Å². The maximum absolute atomic E-state index is 11.9. The standard InChI is InChI=1S/C17H23N3O7/c1-2-6-12(22)19-13-15(24)14(23)11(9-21)26-16(13)20-27-17(25)18-10-7-4-3-5-8-10/h3-5,7-8,11,13-15,21,23-24H,2,6,9H2,1H3,(H,18,25)(H,19,22)/b20-16+/t11-,13-,14-,15-/m1/s1. The number of oxime groups is 1. The lowest BCUT2D eigenvalue weighted by Gasteiger charge is -2.37. The number of amides is 2. The summed E-state index contributed by atoms with van der Waals surface area (Å²) in [6.45, 7) is 1.19. The van der Waals surface area contributed by atoms with Crippen LogP contribution >= 0.6 is 0 Å². The van der Waals surface area contributed by atoms with Crippen molar-refractivity contribution >= 4 is 23.6 Å². The molecule has 10 heteroatoms. The molecule has 27 heavy (non-hydrogen) atoms. The van der Waals surface area contributed by atoms with E-state index in [-0.39, 0.29) is 12.3 Å². The molecular weight excluding hydrogens is 358 g/mol. The quantitative estimate of drug-likeness (QED) is 0.342. The number of rotatable bonds is 6. The van der Waals surface area contributed by atoms with Gasteiger partial charge in [-0.2, -0.15) is 0 Å². The Morgan fingerprint density at radius 1 is 1.22 bits per heavy atom. The monoisotopic (exact) mass is 381 g/mol. The van der Waals surface area contributed by atoms with E-state index in [2.05, 4.69) is 15.8 Å². The number of carbonyl (C=O) groups excluding carboxylic acids is 2. The van der Waals surface area contributed by atoms with Crippen molar-refractivity contribution in [3.63, 3.8) is 0 Å². The molecule has 2 rings (SSSR count). The van der Waals surface area contributed by atoms with Gasteiger partial charge in [0.2, 0.25) is 5.91 Å². The Balaban J connectivity index is 2.10. The summed E-state index contributed by atoms with van der Waals surface area (Å²) in [6, 6.07) is 7.26. The number of benzene rings is 1. The largest absolute Gasteiger partial charge is 0.468 e. The summed E-state index contributed by atoms with van der Waals surface area (Å²) in [7, 11) is 0. The fraction of sp³-hybridized carbons (Fsp3) is 0.471. The van der Waals surface area contributed by atoms with Gasteiger partial charge in [-0.15, -0.1) is 0 Å². The lowest BCUT2D eigenvalue weighted by atomic mass is 9.97. The Morgan fingerprint density at radius 2 is 1.93 bits per heavy atom. The SMILES string of the molecule is CCCC(=O)N[C@H]1/C(=N\OC(=O)Nc2ccccc2)O[C@H](CO)[C@@H](O)[C@@H]1O. The third kappa shape index (κ3) is 5.64. The Morgan fingerprint density at radius 3 is 2.56 bits per heavy atom. The predicted molar refractivity (Wildman–Crippen MR) is 94.8 cm³/mol. The first kappa shape index (κ1) is 20.6. The maximum Gasteiger partial charge on any atom is 0.437 e. The molecule has 10 nitrogen and oxygen atoms in total. The number of para-hydroxylation sites is 1. The Hall–Kier alpha value is -2.69. The highest BCUT2D eigenvalue weighted by molar-refractivity contribution is 5.90. The Kier molecular flexibility index (Phi) is 7.53.